The third kappa shape index (κ3) is 3.90. The van der Waals surface area contributed by atoms with Crippen LogP contribution in [0.25, 0.3) is 0 Å². The molecular formula is C19H23N3O3. The Balaban J connectivity index is 1.70. The van der Waals surface area contributed by atoms with Gasteiger partial charge in [0.15, 0.2) is 0 Å². The summed E-state index contributed by atoms with van der Waals surface area (Å²) < 4.78 is 1.74. The van der Waals surface area contributed by atoms with Gasteiger partial charge < -0.3 is 10.0 Å². The lowest BCUT2D eigenvalue weighted by Gasteiger charge is -2.33. The molecule has 1 aliphatic rings. The molecule has 0 aliphatic carbocycles. The van der Waals surface area contributed by atoms with Crippen molar-refractivity contribution in [2.24, 2.45) is 0 Å². The number of hydrogen-bond donors (Lipinski definition) is 1. The molecule has 0 radical (unpaired) electrons. The number of aromatic nitrogens is 2. The molecule has 1 N–H and O–H groups in total. The fourth-order valence-corrected chi connectivity index (χ4v) is 3.46. The first-order chi connectivity index (χ1) is 11.9. The minimum Gasteiger partial charge on any atom is -0.478 e. The molecule has 1 aromatic heterocycles. The highest BCUT2D eigenvalue weighted by atomic mass is 16.4. The van der Waals surface area contributed by atoms with Gasteiger partial charge in [-0.1, -0.05) is 12.1 Å². The number of carboxylic acid groups (broad SMARTS) is 1. The third-order valence-corrected chi connectivity index (χ3v) is 4.77. The van der Waals surface area contributed by atoms with Crippen LogP contribution in [0.2, 0.25) is 0 Å². The Bertz CT molecular complexity index is 797. The minimum absolute atomic E-state index is 0.0605. The van der Waals surface area contributed by atoms with E-state index in [-0.39, 0.29) is 18.4 Å². The van der Waals surface area contributed by atoms with Gasteiger partial charge in [0, 0.05) is 24.7 Å². The number of nitrogens with zero attached hydrogens (tertiary/aromatic N) is 3. The highest BCUT2D eigenvalue weighted by Gasteiger charge is 2.25. The molecule has 0 spiro atoms. The lowest BCUT2D eigenvalue weighted by Crippen LogP contribution is -2.41. The maximum absolute atomic E-state index is 12.7. The van der Waals surface area contributed by atoms with Crippen molar-refractivity contribution in [2.75, 3.05) is 13.1 Å². The molecule has 25 heavy (non-hydrogen) atoms. The van der Waals surface area contributed by atoms with Gasteiger partial charge in [-0.25, -0.2) is 4.79 Å². The van der Waals surface area contributed by atoms with Crippen molar-refractivity contribution in [1.29, 1.82) is 0 Å². The summed E-state index contributed by atoms with van der Waals surface area (Å²) in [5.74, 6) is -0.683. The number of aromatic carboxylic acids is 1. The molecule has 1 amide bonds. The topological polar surface area (TPSA) is 75.4 Å². The van der Waals surface area contributed by atoms with Gasteiger partial charge in [-0.05, 0) is 50.5 Å². The van der Waals surface area contributed by atoms with Gasteiger partial charge in [0.2, 0.25) is 5.91 Å². The summed E-state index contributed by atoms with van der Waals surface area (Å²) in [7, 11) is 0. The fourth-order valence-electron chi connectivity index (χ4n) is 3.46. The summed E-state index contributed by atoms with van der Waals surface area (Å²) in [6.45, 7) is 5.49. The van der Waals surface area contributed by atoms with E-state index in [2.05, 4.69) is 5.10 Å². The summed E-state index contributed by atoms with van der Waals surface area (Å²) >= 11 is 0. The second-order valence-corrected chi connectivity index (χ2v) is 6.69. The van der Waals surface area contributed by atoms with Crippen molar-refractivity contribution in [1.82, 2.24) is 14.7 Å². The molecule has 2 aromatic rings. The lowest BCUT2D eigenvalue weighted by atomic mass is 9.89. The molecule has 3 rings (SSSR count). The minimum atomic E-state index is -0.921. The summed E-state index contributed by atoms with van der Waals surface area (Å²) in [6.07, 6.45) is 1.89. The van der Waals surface area contributed by atoms with E-state index in [1.165, 1.54) is 0 Å². The summed E-state index contributed by atoms with van der Waals surface area (Å²) in [5, 5.41) is 13.5. The zero-order valence-corrected chi connectivity index (χ0v) is 14.6. The average molecular weight is 341 g/mol. The number of carboxylic acids is 1. The van der Waals surface area contributed by atoms with E-state index in [1.54, 1.807) is 22.9 Å². The highest BCUT2D eigenvalue weighted by Crippen LogP contribution is 2.27. The van der Waals surface area contributed by atoms with Crippen LogP contribution in [0.5, 0.6) is 0 Å². The van der Waals surface area contributed by atoms with E-state index >= 15 is 0 Å². The molecule has 1 atom stereocenters. The Labute approximate surface area is 147 Å². The maximum atomic E-state index is 12.7. The van der Waals surface area contributed by atoms with E-state index in [1.807, 2.05) is 30.9 Å². The van der Waals surface area contributed by atoms with Crippen molar-refractivity contribution in [3.63, 3.8) is 0 Å². The Kier molecular flexibility index (Phi) is 4.88. The number of piperidine rings is 1. The zero-order chi connectivity index (χ0) is 18.0. The second kappa shape index (κ2) is 7.09. The molecular weight excluding hydrogens is 318 g/mol. The molecule has 1 aliphatic heterocycles. The van der Waals surface area contributed by atoms with Crippen molar-refractivity contribution in [3.8, 4) is 0 Å². The highest BCUT2D eigenvalue weighted by molar-refractivity contribution is 5.87. The first-order valence-electron chi connectivity index (χ1n) is 8.56. The number of likely N-dealkylation sites (tertiary alicyclic amines) is 1. The normalized spacial score (nSPS) is 17.5. The summed E-state index contributed by atoms with van der Waals surface area (Å²) in [5.41, 5.74) is 3.17. The van der Waals surface area contributed by atoms with Gasteiger partial charge in [-0.3, -0.25) is 9.48 Å². The van der Waals surface area contributed by atoms with E-state index in [0.29, 0.717) is 12.1 Å². The number of carbonyl (C=O) groups is 2. The number of carbonyl (C=O) groups excluding carboxylic acids is 1. The smallest absolute Gasteiger partial charge is 0.335 e. The van der Waals surface area contributed by atoms with E-state index < -0.39 is 5.97 Å². The number of benzene rings is 1. The van der Waals surface area contributed by atoms with Crippen molar-refractivity contribution < 1.29 is 14.7 Å². The van der Waals surface area contributed by atoms with Crippen LogP contribution < -0.4 is 0 Å². The molecule has 1 aromatic carbocycles. The van der Waals surface area contributed by atoms with Crippen LogP contribution in [-0.4, -0.2) is 44.8 Å². The first kappa shape index (κ1) is 17.2. The Hall–Kier alpha value is -2.63. The standard InChI is InChI=1S/C19H23N3O3/c1-13-9-14(2)22(20-13)12-18(23)21-8-4-7-17(11-21)15-5-3-6-16(10-15)19(24)25/h3,5-6,9-10,17H,4,7-8,11-12H2,1-2H3,(H,24,25). The van der Waals surface area contributed by atoms with Gasteiger partial charge >= 0.3 is 5.97 Å². The van der Waals surface area contributed by atoms with Crippen molar-refractivity contribution in [2.45, 2.75) is 39.2 Å². The van der Waals surface area contributed by atoms with Crippen LogP contribution in [-0.2, 0) is 11.3 Å². The van der Waals surface area contributed by atoms with E-state index in [9.17, 15) is 9.59 Å². The molecule has 1 fully saturated rings. The molecule has 0 bridgehead atoms. The summed E-state index contributed by atoms with van der Waals surface area (Å²) in [6, 6.07) is 9.01. The van der Waals surface area contributed by atoms with Crippen LogP contribution in [0.4, 0.5) is 0 Å². The monoisotopic (exact) mass is 341 g/mol. The first-order valence-corrected chi connectivity index (χ1v) is 8.56. The Morgan fingerprint density at radius 1 is 1.28 bits per heavy atom. The van der Waals surface area contributed by atoms with Crippen LogP contribution in [0.15, 0.2) is 30.3 Å². The van der Waals surface area contributed by atoms with E-state index in [0.717, 1.165) is 36.3 Å². The van der Waals surface area contributed by atoms with Crippen LogP contribution in [0.3, 0.4) is 0 Å². The molecule has 2 heterocycles. The zero-order valence-electron chi connectivity index (χ0n) is 14.6. The Morgan fingerprint density at radius 2 is 2.08 bits per heavy atom. The van der Waals surface area contributed by atoms with Gasteiger partial charge in [-0.15, -0.1) is 0 Å². The van der Waals surface area contributed by atoms with Crippen LogP contribution in [0.1, 0.15) is 46.1 Å². The van der Waals surface area contributed by atoms with Gasteiger partial charge in [0.05, 0.1) is 11.3 Å². The van der Waals surface area contributed by atoms with Crippen LogP contribution in [0, 0.1) is 13.8 Å². The molecule has 0 saturated carbocycles. The third-order valence-electron chi connectivity index (χ3n) is 4.77. The predicted octanol–water partition coefficient (Wildman–Crippen LogP) is 2.60. The molecule has 1 saturated heterocycles. The van der Waals surface area contributed by atoms with Crippen molar-refractivity contribution >= 4 is 11.9 Å². The van der Waals surface area contributed by atoms with Gasteiger partial charge in [-0.2, -0.15) is 5.10 Å². The van der Waals surface area contributed by atoms with Crippen LogP contribution >= 0.6 is 0 Å². The molecule has 6 nitrogen and oxygen atoms in total. The van der Waals surface area contributed by atoms with E-state index in [4.69, 9.17) is 5.11 Å². The quantitative estimate of drug-likeness (QED) is 0.927. The number of aryl methyl sites for hydroxylation is 2. The Morgan fingerprint density at radius 3 is 2.76 bits per heavy atom. The predicted molar refractivity (Wildman–Crippen MR) is 93.7 cm³/mol. The van der Waals surface area contributed by atoms with Gasteiger partial charge in [0.25, 0.3) is 0 Å². The molecule has 6 heteroatoms. The summed E-state index contributed by atoms with van der Waals surface area (Å²) in [4.78, 5) is 25.7. The molecule has 1 unspecified atom stereocenters. The van der Waals surface area contributed by atoms with Gasteiger partial charge in [0.1, 0.15) is 6.54 Å². The maximum Gasteiger partial charge on any atom is 0.335 e. The number of hydrogen-bond acceptors (Lipinski definition) is 3. The fraction of sp³-hybridized carbons (Fsp3) is 0.421. The lowest BCUT2D eigenvalue weighted by molar-refractivity contribution is -0.133. The SMILES string of the molecule is Cc1cc(C)n(CC(=O)N2CCCC(c3cccc(C(=O)O)c3)C2)n1. The number of rotatable bonds is 4. The largest absolute Gasteiger partial charge is 0.478 e. The van der Waals surface area contributed by atoms with Crippen molar-refractivity contribution in [3.05, 3.63) is 52.8 Å². The average Bonchev–Trinajstić information content (AvgIpc) is 2.92. The number of amides is 1. The second-order valence-electron chi connectivity index (χ2n) is 6.69. The molecule has 132 valence electrons.